The van der Waals surface area contributed by atoms with Crippen molar-refractivity contribution in [3.63, 3.8) is 0 Å². The Morgan fingerprint density at radius 1 is 1.44 bits per heavy atom. The molecule has 3 heterocycles. The van der Waals surface area contributed by atoms with Crippen molar-refractivity contribution < 1.29 is 9.59 Å². The van der Waals surface area contributed by atoms with Gasteiger partial charge in [0, 0.05) is 39.4 Å². The van der Waals surface area contributed by atoms with Crippen LogP contribution in [0, 0.1) is 0 Å². The van der Waals surface area contributed by atoms with Gasteiger partial charge in [-0.05, 0) is 12.5 Å². The highest BCUT2D eigenvalue weighted by atomic mass is 16.2. The molecule has 10 nitrogen and oxygen atoms in total. The van der Waals surface area contributed by atoms with Crippen LogP contribution in [0.15, 0.2) is 31.2 Å². The van der Waals surface area contributed by atoms with Crippen molar-refractivity contribution in [3.05, 3.63) is 36.9 Å². The monoisotopic (exact) mass is 370 g/mol. The lowest BCUT2D eigenvalue weighted by atomic mass is 10.2. The molecule has 2 aromatic heterocycles. The largest absolute Gasteiger partial charge is 0.364 e. The molecule has 1 aliphatic rings. The Morgan fingerprint density at radius 3 is 2.85 bits per heavy atom. The van der Waals surface area contributed by atoms with Gasteiger partial charge in [0.25, 0.3) is 5.91 Å². The SMILES string of the molecule is C=CC(=O)N1CCC(N(C)c2cnc(C(N)=O)c(Nc3cnn(C)c3)n2)C1. The highest BCUT2D eigenvalue weighted by Gasteiger charge is 2.29. The summed E-state index contributed by atoms with van der Waals surface area (Å²) in [5, 5.41) is 7.11. The van der Waals surface area contributed by atoms with E-state index in [0.717, 1.165) is 6.42 Å². The molecule has 1 atom stereocenters. The van der Waals surface area contributed by atoms with Gasteiger partial charge in [-0.15, -0.1) is 0 Å². The van der Waals surface area contributed by atoms with Gasteiger partial charge in [-0.1, -0.05) is 6.58 Å². The van der Waals surface area contributed by atoms with E-state index in [9.17, 15) is 9.59 Å². The van der Waals surface area contributed by atoms with Crippen LogP contribution >= 0.6 is 0 Å². The third kappa shape index (κ3) is 3.89. The van der Waals surface area contributed by atoms with Crippen molar-refractivity contribution >= 4 is 29.1 Å². The molecule has 1 fully saturated rings. The van der Waals surface area contributed by atoms with Crippen LogP contribution in [0.5, 0.6) is 0 Å². The zero-order valence-corrected chi connectivity index (χ0v) is 15.3. The smallest absolute Gasteiger partial charge is 0.271 e. The molecule has 3 rings (SSSR count). The van der Waals surface area contributed by atoms with Crippen LogP contribution < -0.4 is 16.0 Å². The summed E-state index contributed by atoms with van der Waals surface area (Å²) in [5.74, 6) is 0.0767. The first-order valence-electron chi connectivity index (χ1n) is 8.45. The van der Waals surface area contributed by atoms with Gasteiger partial charge < -0.3 is 20.9 Å². The van der Waals surface area contributed by atoms with Crippen molar-refractivity contribution in [3.8, 4) is 0 Å². The summed E-state index contributed by atoms with van der Waals surface area (Å²) in [4.78, 5) is 35.9. The van der Waals surface area contributed by atoms with Gasteiger partial charge in [-0.3, -0.25) is 14.3 Å². The van der Waals surface area contributed by atoms with E-state index < -0.39 is 5.91 Å². The Labute approximate surface area is 156 Å². The number of hydrogen-bond acceptors (Lipinski definition) is 7. The molecule has 10 heteroatoms. The number of carbonyl (C=O) groups is 2. The summed E-state index contributed by atoms with van der Waals surface area (Å²) in [6, 6.07) is 0.0915. The Balaban J connectivity index is 1.83. The van der Waals surface area contributed by atoms with E-state index >= 15 is 0 Å². The van der Waals surface area contributed by atoms with Crippen LogP contribution in [0.4, 0.5) is 17.3 Å². The van der Waals surface area contributed by atoms with Crippen LogP contribution in [0.25, 0.3) is 0 Å². The molecule has 142 valence electrons. The first kappa shape index (κ1) is 18.4. The van der Waals surface area contributed by atoms with Crippen LogP contribution in [-0.4, -0.2) is 62.6 Å². The van der Waals surface area contributed by atoms with Crippen molar-refractivity contribution in [1.82, 2.24) is 24.6 Å². The average molecular weight is 370 g/mol. The third-order valence-electron chi connectivity index (χ3n) is 4.52. The molecule has 27 heavy (non-hydrogen) atoms. The van der Waals surface area contributed by atoms with Gasteiger partial charge >= 0.3 is 0 Å². The summed E-state index contributed by atoms with van der Waals surface area (Å²) >= 11 is 0. The fraction of sp³-hybridized carbons (Fsp3) is 0.353. The third-order valence-corrected chi connectivity index (χ3v) is 4.52. The molecule has 0 spiro atoms. The summed E-state index contributed by atoms with van der Waals surface area (Å²) in [6.07, 6.45) is 6.99. The minimum Gasteiger partial charge on any atom is -0.364 e. The molecule has 0 aliphatic carbocycles. The summed E-state index contributed by atoms with van der Waals surface area (Å²) in [5.41, 5.74) is 6.13. The number of hydrogen-bond donors (Lipinski definition) is 2. The summed E-state index contributed by atoms with van der Waals surface area (Å²) < 4.78 is 1.62. The molecule has 0 bridgehead atoms. The average Bonchev–Trinajstić information content (AvgIpc) is 3.29. The van der Waals surface area contributed by atoms with Crippen molar-refractivity contribution in [2.75, 3.05) is 30.4 Å². The Morgan fingerprint density at radius 2 is 2.22 bits per heavy atom. The highest BCUT2D eigenvalue weighted by molar-refractivity contribution is 5.96. The molecule has 1 unspecified atom stereocenters. The lowest BCUT2D eigenvalue weighted by molar-refractivity contribution is -0.125. The number of nitrogens with one attached hydrogen (secondary N) is 1. The van der Waals surface area contributed by atoms with E-state index in [-0.39, 0.29) is 23.5 Å². The van der Waals surface area contributed by atoms with Gasteiger partial charge in [-0.2, -0.15) is 5.10 Å². The number of anilines is 3. The van der Waals surface area contributed by atoms with E-state index in [1.165, 1.54) is 12.3 Å². The maximum absolute atomic E-state index is 11.8. The lowest BCUT2D eigenvalue weighted by Gasteiger charge is -2.26. The predicted octanol–water partition coefficient (Wildman–Crippen LogP) is 0.276. The number of nitrogens with two attached hydrogens (primary N) is 1. The summed E-state index contributed by atoms with van der Waals surface area (Å²) in [7, 11) is 3.67. The predicted molar refractivity (Wildman–Crippen MR) is 101 cm³/mol. The molecule has 2 aromatic rings. The van der Waals surface area contributed by atoms with Gasteiger partial charge in [0.05, 0.1) is 18.1 Å². The zero-order valence-electron chi connectivity index (χ0n) is 15.3. The van der Waals surface area contributed by atoms with Gasteiger partial charge in [-0.25, -0.2) is 9.97 Å². The lowest BCUT2D eigenvalue weighted by Crippen LogP contribution is -2.36. The van der Waals surface area contributed by atoms with E-state index in [1.807, 2.05) is 11.9 Å². The van der Waals surface area contributed by atoms with Crippen molar-refractivity contribution in [2.24, 2.45) is 12.8 Å². The number of primary amides is 1. The number of likely N-dealkylation sites (N-methyl/N-ethyl adjacent to an activating group) is 1. The first-order valence-corrected chi connectivity index (χ1v) is 8.45. The van der Waals surface area contributed by atoms with Crippen LogP contribution in [0.2, 0.25) is 0 Å². The second-order valence-electron chi connectivity index (χ2n) is 6.36. The Kier molecular flexibility index (Phi) is 5.06. The summed E-state index contributed by atoms with van der Waals surface area (Å²) in [6.45, 7) is 4.76. The molecule has 0 aromatic carbocycles. The van der Waals surface area contributed by atoms with E-state index in [2.05, 4.69) is 27.0 Å². The maximum atomic E-state index is 11.8. The number of carbonyl (C=O) groups excluding carboxylic acids is 2. The van der Waals surface area contributed by atoms with Gasteiger partial charge in [0.1, 0.15) is 5.82 Å². The molecular formula is C17H22N8O2. The normalized spacial score (nSPS) is 16.2. The fourth-order valence-electron chi connectivity index (χ4n) is 3.01. The van der Waals surface area contributed by atoms with E-state index in [4.69, 9.17) is 5.73 Å². The number of amides is 2. The minimum atomic E-state index is -0.674. The Hall–Kier alpha value is -3.43. The quantitative estimate of drug-likeness (QED) is 0.700. The number of aryl methyl sites for hydroxylation is 1. The number of aromatic nitrogens is 4. The molecular weight excluding hydrogens is 348 g/mol. The van der Waals surface area contributed by atoms with Gasteiger partial charge in [0.2, 0.25) is 5.91 Å². The maximum Gasteiger partial charge on any atom is 0.271 e. The highest BCUT2D eigenvalue weighted by Crippen LogP contribution is 2.24. The second kappa shape index (κ2) is 7.44. The molecule has 2 amide bonds. The van der Waals surface area contributed by atoms with E-state index in [1.54, 1.807) is 29.0 Å². The Bertz CT molecular complexity index is 878. The standard InChI is InChI=1S/C17H22N8O2/c1-4-14(26)25-6-5-12(10-25)24(3)13-8-19-15(16(18)27)17(22-13)21-11-7-20-23(2)9-11/h4,7-9,12H,1,5-6,10H2,2-3H3,(H2,18,27)(H,21,22). The number of nitrogens with zero attached hydrogens (tertiary/aromatic N) is 6. The fourth-order valence-corrected chi connectivity index (χ4v) is 3.01. The minimum absolute atomic E-state index is 0.0471. The van der Waals surface area contributed by atoms with Crippen LogP contribution in [0.3, 0.4) is 0 Å². The molecule has 0 saturated carbocycles. The first-order chi connectivity index (χ1) is 12.9. The molecule has 3 N–H and O–H groups in total. The topological polar surface area (TPSA) is 122 Å². The van der Waals surface area contributed by atoms with Crippen LogP contribution in [-0.2, 0) is 11.8 Å². The van der Waals surface area contributed by atoms with Crippen molar-refractivity contribution in [2.45, 2.75) is 12.5 Å². The molecule has 1 saturated heterocycles. The second-order valence-corrected chi connectivity index (χ2v) is 6.36. The zero-order chi connectivity index (χ0) is 19.6. The molecule has 0 radical (unpaired) electrons. The van der Waals surface area contributed by atoms with Crippen molar-refractivity contribution in [1.29, 1.82) is 0 Å². The number of likely N-dealkylation sites (tertiary alicyclic amines) is 1. The van der Waals surface area contributed by atoms with Gasteiger partial charge in [0.15, 0.2) is 11.5 Å². The van der Waals surface area contributed by atoms with Crippen LogP contribution in [0.1, 0.15) is 16.9 Å². The molecule has 1 aliphatic heterocycles. The number of rotatable bonds is 6. The van der Waals surface area contributed by atoms with E-state index in [0.29, 0.717) is 24.6 Å².